The summed E-state index contributed by atoms with van der Waals surface area (Å²) in [7, 11) is 0. The number of piperidine rings is 1. The van der Waals surface area contributed by atoms with Crippen molar-refractivity contribution in [2.45, 2.75) is 74.0 Å². The fraction of sp³-hybridized carbons (Fsp3) is 0.800. The van der Waals surface area contributed by atoms with E-state index in [9.17, 15) is 4.79 Å². The lowest BCUT2D eigenvalue weighted by molar-refractivity contribution is -0.134. The fourth-order valence-corrected chi connectivity index (χ4v) is 4.91. The van der Waals surface area contributed by atoms with Crippen LogP contribution in [-0.2, 0) is 4.79 Å². The summed E-state index contributed by atoms with van der Waals surface area (Å²) in [4.78, 5) is 14.8. The van der Waals surface area contributed by atoms with Crippen molar-refractivity contribution in [3.05, 3.63) is 0 Å². The number of amides is 1. The Bertz CT molecular complexity index is 517. The summed E-state index contributed by atoms with van der Waals surface area (Å²) in [5.41, 5.74) is 0. The highest BCUT2D eigenvalue weighted by molar-refractivity contribution is 8.02. The summed E-state index contributed by atoms with van der Waals surface area (Å²) < 4.78 is 0.883. The molecule has 3 rings (SSSR count). The van der Waals surface area contributed by atoms with Gasteiger partial charge in [-0.15, -0.1) is 10.2 Å². The molecule has 1 saturated heterocycles. The van der Waals surface area contributed by atoms with E-state index in [0.29, 0.717) is 12.1 Å². The molecule has 2 fully saturated rings. The number of nitrogens with zero attached hydrogens (tertiary/aromatic N) is 3. The first kappa shape index (κ1) is 16.1. The minimum Gasteiger partial charge on any atom is -0.357 e. The third-order valence-corrected chi connectivity index (χ3v) is 6.34. The van der Waals surface area contributed by atoms with Crippen LogP contribution in [0.1, 0.15) is 52.4 Å². The monoisotopic (exact) mass is 340 g/mol. The molecule has 2 atom stereocenters. The molecule has 122 valence electrons. The number of rotatable bonds is 6. The molecule has 2 heterocycles. The number of thioether (sulfide) groups is 1. The molecule has 1 aromatic heterocycles. The van der Waals surface area contributed by atoms with Gasteiger partial charge in [0.05, 0.1) is 5.25 Å². The summed E-state index contributed by atoms with van der Waals surface area (Å²) in [6, 6.07) is 1.01. The van der Waals surface area contributed by atoms with E-state index in [0.717, 1.165) is 35.3 Å². The van der Waals surface area contributed by atoms with Crippen LogP contribution in [0, 0.1) is 0 Å². The van der Waals surface area contributed by atoms with Crippen molar-refractivity contribution in [3.8, 4) is 0 Å². The van der Waals surface area contributed by atoms with Crippen molar-refractivity contribution in [3.63, 3.8) is 0 Å². The quantitative estimate of drug-likeness (QED) is 0.805. The molecule has 22 heavy (non-hydrogen) atoms. The molecule has 1 aliphatic heterocycles. The van der Waals surface area contributed by atoms with E-state index in [-0.39, 0.29) is 11.2 Å². The van der Waals surface area contributed by atoms with Crippen molar-refractivity contribution in [2.24, 2.45) is 0 Å². The Balaban J connectivity index is 1.56. The summed E-state index contributed by atoms with van der Waals surface area (Å²) in [6.45, 7) is 5.07. The van der Waals surface area contributed by atoms with Crippen LogP contribution in [0.5, 0.6) is 0 Å². The second-order valence-corrected chi connectivity index (χ2v) is 8.71. The molecule has 7 heteroatoms. The number of aromatic nitrogens is 2. The van der Waals surface area contributed by atoms with Gasteiger partial charge in [0.1, 0.15) is 0 Å². The van der Waals surface area contributed by atoms with Crippen molar-refractivity contribution in [1.82, 2.24) is 15.1 Å². The van der Waals surface area contributed by atoms with Gasteiger partial charge in [0.2, 0.25) is 11.0 Å². The maximum Gasteiger partial charge on any atom is 0.236 e. The summed E-state index contributed by atoms with van der Waals surface area (Å²) in [5, 5.41) is 12.5. The Morgan fingerprint density at radius 1 is 1.41 bits per heavy atom. The Labute approximate surface area is 140 Å². The van der Waals surface area contributed by atoms with E-state index in [1.54, 1.807) is 11.3 Å². The number of anilines is 1. The Kier molecular flexibility index (Phi) is 5.23. The number of hydrogen-bond acceptors (Lipinski definition) is 6. The molecule has 1 N–H and O–H groups in total. The van der Waals surface area contributed by atoms with E-state index < -0.39 is 0 Å². The molecule has 0 spiro atoms. The van der Waals surface area contributed by atoms with Crippen molar-refractivity contribution < 1.29 is 4.79 Å². The van der Waals surface area contributed by atoms with Crippen molar-refractivity contribution in [1.29, 1.82) is 0 Å². The van der Waals surface area contributed by atoms with Gasteiger partial charge in [-0.2, -0.15) is 0 Å². The zero-order chi connectivity index (χ0) is 15.5. The van der Waals surface area contributed by atoms with Crippen LogP contribution in [0.15, 0.2) is 4.34 Å². The van der Waals surface area contributed by atoms with Gasteiger partial charge in [-0.3, -0.25) is 4.79 Å². The maximum atomic E-state index is 12.7. The fourth-order valence-electron chi connectivity index (χ4n) is 2.87. The highest BCUT2D eigenvalue weighted by Gasteiger charge is 2.30. The molecule has 1 amide bonds. The zero-order valence-corrected chi connectivity index (χ0v) is 14.9. The van der Waals surface area contributed by atoms with Crippen LogP contribution in [0.4, 0.5) is 5.13 Å². The summed E-state index contributed by atoms with van der Waals surface area (Å²) in [5.74, 6) is 0.253. The van der Waals surface area contributed by atoms with E-state index in [1.165, 1.54) is 31.0 Å². The molecule has 2 unspecified atom stereocenters. The van der Waals surface area contributed by atoms with Crippen LogP contribution in [0.2, 0.25) is 0 Å². The number of carbonyl (C=O) groups excluding carboxylic acids is 1. The molecule has 5 nitrogen and oxygen atoms in total. The second-order valence-electron chi connectivity index (χ2n) is 6.14. The topological polar surface area (TPSA) is 58.1 Å². The van der Waals surface area contributed by atoms with Gasteiger partial charge in [-0.25, -0.2) is 0 Å². The molecule has 1 aromatic rings. The third-order valence-electron chi connectivity index (χ3n) is 4.32. The predicted molar refractivity (Wildman–Crippen MR) is 91.5 cm³/mol. The van der Waals surface area contributed by atoms with Crippen LogP contribution < -0.4 is 5.32 Å². The number of carbonyl (C=O) groups is 1. The average molecular weight is 341 g/mol. The minimum absolute atomic E-state index is 0.0890. The lowest BCUT2D eigenvalue weighted by Crippen LogP contribution is -2.46. The van der Waals surface area contributed by atoms with Gasteiger partial charge < -0.3 is 10.2 Å². The minimum atomic E-state index is -0.0890. The first-order chi connectivity index (χ1) is 10.7. The zero-order valence-electron chi connectivity index (χ0n) is 13.2. The molecule has 1 aliphatic carbocycles. The number of nitrogens with one attached hydrogen (secondary N) is 1. The van der Waals surface area contributed by atoms with Gasteiger partial charge in [0.25, 0.3) is 0 Å². The molecule has 0 bridgehead atoms. The van der Waals surface area contributed by atoms with Gasteiger partial charge >= 0.3 is 0 Å². The normalized spacial score (nSPS) is 23.4. The first-order valence-electron chi connectivity index (χ1n) is 8.24. The van der Waals surface area contributed by atoms with E-state index in [1.807, 2.05) is 6.92 Å². The summed E-state index contributed by atoms with van der Waals surface area (Å²) >= 11 is 3.10. The molecule has 0 aromatic carbocycles. The van der Waals surface area contributed by atoms with Crippen LogP contribution >= 0.6 is 23.1 Å². The van der Waals surface area contributed by atoms with Crippen LogP contribution in [0.25, 0.3) is 0 Å². The largest absolute Gasteiger partial charge is 0.357 e. The number of hydrogen-bond donors (Lipinski definition) is 1. The molecule has 2 aliphatic rings. The van der Waals surface area contributed by atoms with E-state index in [4.69, 9.17) is 0 Å². The maximum absolute atomic E-state index is 12.7. The van der Waals surface area contributed by atoms with Gasteiger partial charge in [-0.1, -0.05) is 30.0 Å². The Morgan fingerprint density at radius 2 is 2.23 bits per heavy atom. The third kappa shape index (κ3) is 3.93. The first-order valence-corrected chi connectivity index (χ1v) is 9.94. The van der Waals surface area contributed by atoms with Gasteiger partial charge in [0, 0.05) is 18.6 Å². The lowest BCUT2D eigenvalue weighted by atomic mass is 10.00. The van der Waals surface area contributed by atoms with Crippen LogP contribution in [-0.4, -0.2) is 44.9 Å². The molecular weight excluding hydrogens is 316 g/mol. The highest BCUT2D eigenvalue weighted by atomic mass is 32.2. The van der Waals surface area contributed by atoms with Crippen molar-refractivity contribution >= 4 is 34.1 Å². The Morgan fingerprint density at radius 3 is 2.95 bits per heavy atom. The predicted octanol–water partition coefficient (Wildman–Crippen LogP) is 3.38. The lowest BCUT2D eigenvalue weighted by Gasteiger charge is -2.36. The summed E-state index contributed by atoms with van der Waals surface area (Å²) in [6.07, 6.45) is 7.03. The van der Waals surface area contributed by atoms with Crippen LogP contribution in [0.3, 0.4) is 0 Å². The Hall–Kier alpha value is -0.820. The highest BCUT2D eigenvalue weighted by Crippen LogP contribution is 2.33. The molecular formula is C15H24N4OS2. The second kappa shape index (κ2) is 7.17. The van der Waals surface area contributed by atoms with Gasteiger partial charge in [-0.05, 0) is 45.4 Å². The SMILES string of the molecule is CCC1CCCCN1C(=O)C(C)Sc1nnc(NC2CC2)s1. The smallest absolute Gasteiger partial charge is 0.236 e. The standard InChI is InChI=1S/C15H24N4OS2/c1-3-12-6-4-5-9-19(12)13(20)10(2)21-15-18-17-14(22-15)16-11-7-8-11/h10-12H,3-9H2,1-2H3,(H,16,17). The number of likely N-dealkylation sites (tertiary alicyclic amines) is 1. The molecule has 1 saturated carbocycles. The van der Waals surface area contributed by atoms with E-state index in [2.05, 4.69) is 27.3 Å². The average Bonchev–Trinajstić information content (AvgIpc) is 3.25. The van der Waals surface area contributed by atoms with Gasteiger partial charge in [0.15, 0.2) is 4.34 Å². The van der Waals surface area contributed by atoms with Crippen molar-refractivity contribution in [2.75, 3.05) is 11.9 Å². The van der Waals surface area contributed by atoms with E-state index >= 15 is 0 Å². The molecule has 0 radical (unpaired) electrons.